The maximum Gasteiger partial charge on any atom is 0.161 e. The van der Waals surface area contributed by atoms with Crippen LogP contribution in [0, 0.1) is 0 Å². The second kappa shape index (κ2) is 5.18. The van der Waals surface area contributed by atoms with Crippen molar-refractivity contribution >= 4 is 23.2 Å². The lowest BCUT2D eigenvalue weighted by Crippen LogP contribution is -2.17. The van der Waals surface area contributed by atoms with Crippen molar-refractivity contribution in [2.24, 2.45) is 12.8 Å². The molecule has 0 spiro atoms. The van der Waals surface area contributed by atoms with Gasteiger partial charge in [0.05, 0.1) is 19.3 Å². The Morgan fingerprint density at radius 1 is 1.39 bits per heavy atom. The van der Waals surface area contributed by atoms with Gasteiger partial charge in [-0.15, -0.1) is 0 Å². The van der Waals surface area contributed by atoms with Crippen LogP contribution in [0.15, 0.2) is 24.4 Å². The zero-order chi connectivity index (χ0) is 13.3. The van der Waals surface area contributed by atoms with Crippen LogP contribution in [0.3, 0.4) is 0 Å². The van der Waals surface area contributed by atoms with Gasteiger partial charge in [-0.2, -0.15) is 5.10 Å². The highest BCUT2D eigenvalue weighted by atomic mass is 35.5. The van der Waals surface area contributed by atoms with Crippen molar-refractivity contribution in [1.29, 1.82) is 0 Å². The number of ether oxygens (including phenoxy) is 1. The highest BCUT2D eigenvalue weighted by Gasteiger charge is 2.21. The molecule has 1 aromatic carbocycles. The zero-order valence-electron chi connectivity index (χ0n) is 10.0. The van der Waals surface area contributed by atoms with Crippen LogP contribution in [-0.4, -0.2) is 16.9 Å². The van der Waals surface area contributed by atoms with E-state index in [1.54, 1.807) is 43.2 Å². The molecule has 0 aliphatic carbocycles. The largest absolute Gasteiger partial charge is 0.493 e. The third kappa shape index (κ3) is 2.32. The Labute approximate surface area is 115 Å². The number of aromatic nitrogens is 2. The van der Waals surface area contributed by atoms with Gasteiger partial charge in [0, 0.05) is 17.1 Å². The highest BCUT2D eigenvalue weighted by molar-refractivity contribution is 6.33. The van der Waals surface area contributed by atoms with E-state index in [9.17, 15) is 0 Å². The Balaban J connectivity index is 2.50. The number of methoxy groups -OCH3 is 1. The van der Waals surface area contributed by atoms with Crippen LogP contribution in [0.1, 0.15) is 17.3 Å². The van der Waals surface area contributed by atoms with Crippen molar-refractivity contribution in [2.45, 2.75) is 6.04 Å². The summed E-state index contributed by atoms with van der Waals surface area (Å²) in [7, 11) is 3.38. The molecule has 2 N–H and O–H groups in total. The predicted molar refractivity (Wildman–Crippen MR) is 72.3 cm³/mol. The first kappa shape index (κ1) is 13.2. The average Bonchev–Trinajstić information content (AvgIpc) is 2.72. The maximum absolute atomic E-state index is 6.22. The molecule has 1 heterocycles. The van der Waals surface area contributed by atoms with Gasteiger partial charge in [0.15, 0.2) is 5.75 Å². The number of hydrogen-bond acceptors (Lipinski definition) is 3. The van der Waals surface area contributed by atoms with Gasteiger partial charge in [-0.3, -0.25) is 4.68 Å². The first-order chi connectivity index (χ1) is 8.54. The molecule has 96 valence electrons. The summed E-state index contributed by atoms with van der Waals surface area (Å²) in [6.07, 6.45) is 1.62. The molecule has 0 fully saturated rings. The van der Waals surface area contributed by atoms with Crippen molar-refractivity contribution in [3.63, 3.8) is 0 Å². The summed E-state index contributed by atoms with van der Waals surface area (Å²) in [5.41, 5.74) is 7.72. The smallest absolute Gasteiger partial charge is 0.161 e. The molecule has 2 aromatic rings. The van der Waals surface area contributed by atoms with Crippen LogP contribution < -0.4 is 10.5 Å². The van der Waals surface area contributed by atoms with Gasteiger partial charge >= 0.3 is 0 Å². The summed E-state index contributed by atoms with van der Waals surface area (Å²) >= 11 is 12.1. The minimum Gasteiger partial charge on any atom is -0.493 e. The number of aryl methyl sites for hydroxylation is 1. The van der Waals surface area contributed by atoms with Crippen molar-refractivity contribution in [2.75, 3.05) is 7.11 Å². The van der Waals surface area contributed by atoms with Crippen molar-refractivity contribution in [3.05, 3.63) is 45.7 Å². The Morgan fingerprint density at radius 3 is 2.78 bits per heavy atom. The van der Waals surface area contributed by atoms with E-state index in [1.807, 2.05) is 0 Å². The van der Waals surface area contributed by atoms with E-state index in [2.05, 4.69) is 5.10 Å². The number of nitrogens with two attached hydrogens (primary N) is 1. The summed E-state index contributed by atoms with van der Waals surface area (Å²) in [4.78, 5) is 0. The number of hydrogen-bond donors (Lipinski definition) is 1. The number of rotatable bonds is 3. The SMILES string of the molecule is COc1cnn(C)c1C(N)c1cc(Cl)ccc1Cl. The van der Waals surface area contributed by atoms with Gasteiger partial charge in [-0.25, -0.2) is 0 Å². The first-order valence-corrected chi connectivity index (χ1v) is 6.06. The molecule has 0 saturated carbocycles. The molecule has 0 amide bonds. The topological polar surface area (TPSA) is 53.1 Å². The molecule has 1 aromatic heterocycles. The van der Waals surface area contributed by atoms with E-state index in [4.69, 9.17) is 33.7 Å². The van der Waals surface area contributed by atoms with Gasteiger partial charge < -0.3 is 10.5 Å². The second-order valence-corrected chi connectivity index (χ2v) is 4.71. The fourth-order valence-electron chi connectivity index (χ4n) is 1.84. The van der Waals surface area contributed by atoms with Crippen LogP contribution in [-0.2, 0) is 7.05 Å². The predicted octanol–water partition coefficient (Wildman–Crippen LogP) is 2.78. The van der Waals surface area contributed by atoms with Crippen molar-refractivity contribution < 1.29 is 4.74 Å². The third-order valence-corrected chi connectivity index (χ3v) is 3.34. The lowest BCUT2D eigenvalue weighted by atomic mass is 10.0. The van der Waals surface area contributed by atoms with Gasteiger partial charge in [0.25, 0.3) is 0 Å². The molecule has 6 heteroatoms. The van der Waals surface area contributed by atoms with Crippen LogP contribution in [0.4, 0.5) is 0 Å². The van der Waals surface area contributed by atoms with E-state index < -0.39 is 6.04 Å². The molecule has 0 saturated heterocycles. The minimum atomic E-state index is -0.446. The van der Waals surface area contributed by atoms with E-state index in [-0.39, 0.29) is 0 Å². The van der Waals surface area contributed by atoms with E-state index >= 15 is 0 Å². The molecule has 0 aliphatic heterocycles. The molecule has 0 bridgehead atoms. The molecule has 1 atom stereocenters. The number of halogens is 2. The molecule has 18 heavy (non-hydrogen) atoms. The summed E-state index contributed by atoms with van der Waals surface area (Å²) in [6.45, 7) is 0. The lowest BCUT2D eigenvalue weighted by molar-refractivity contribution is 0.406. The van der Waals surface area contributed by atoms with Gasteiger partial charge in [-0.05, 0) is 23.8 Å². The van der Waals surface area contributed by atoms with Crippen molar-refractivity contribution in [3.8, 4) is 5.75 Å². The van der Waals surface area contributed by atoms with E-state index in [0.717, 1.165) is 11.3 Å². The fraction of sp³-hybridized carbons (Fsp3) is 0.250. The standard InChI is InChI=1S/C12H13Cl2N3O/c1-17-12(10(18-2)6-16-17)11(15)8-5-7(13)3-4-9(8)14/h3-6,11H,15H2,1-2H3. The fourth-order valence-corrected chi connectivity index (χ4v) is 2.25. The zero-order valence-corrected chi connectivity index (χ0v) is 11.5. The molecule has 1 unspecified atom stereocenters. The van der Waals surface area contributed by atoms with Crippen LogP contribution in [0.5, 0.6) is 5.75 Å². The van der Waals surface area contributed by atoms with Gasteiger partial charge in [0.1, 0.15) is 5.69 Å². The quantitative estimate of drug-likeness (QED) is 0.944. The molecular weight excluding hydrogens is 273 g/mol. The Hall–Kier alpha value is -1.23. The average molecular weight is 286 g/mol. The Morgan fingerprint density at radius 2 is 2.11 bits per heavy atom. The summed E-state index contributed by atoms with van der Waals surface area (Å²) in [5, 5.41) is 5.28. The maximum atomic E-state index is 6.22. The summed E-state index contributed by atoms with van der Waals surface area (Å²) in [6, 6.07) is 4.75. The first-order valence-electron chi connectivity index (χ1n) is 5.31. The highest BCUT2D eigenvalue weighted by Crippen LogP contribution is 2.32. The monoisotopic (exact) mass is 285 g/mol. The summed E-state index contributed by atoms with van der Waals surface area (Å²) in [5.74, 6) is 0.626. The van der Waals surface area contributed by atoms with Crippen molar-refractivity contribution in [1.82, 2.24) is 9.78 Å². The molecule has 0 radical (unpaired) electrons. The third-order valence-electron chi connectivity index (χ3n) is 2.76. The second-order valence-electron chi connectivity index (χ2n) is 3.87. The number of nitrogens with zero attached hydrogens (tertiary/aromatic N) is 2. The Bertz CT molecular complexity index is 568. The molecule has 2 rings (SSSR count). The molecular formula is C12H13Cl2N3O. The van der Waals surface area contributed by atoms with E-state index in [1.165, 1.54) is 0 Å². The molecule has 0 aliphatic rings. The van der Waals surface area contributed by atoms with Crippen LogP contribution >= 0.6 is 23.2 Å². The molecule has 4 nitrogen and oxygen atoms in total. The number of benzene rings is 1. The van der Waals surface area contributed by atoms with Gasteiger partial charge in [-0.1, -0.05) is 23.2 Å². The Kier molecular flexibility index (Phi) is 3.80. The normalized spacial score (nSPS) is 12.5. The summed E-state index contributed by atoms with van der Waals surface area (Å²) < 4.78 is 6.91. The van der Waals surface area contributed by atoms with E-state index in [0.29, 0.717) is 15.8 Å². The minimum absolute atomic E-state index is 0.446. The lowest BCUT2D eigenvalue weighted by Gasteiger charge is -2.16. The van der Waals surface area contributed by atoms with Gasteiger partial charge in [0.2, 0.25) is 0 Å². The van der Waals surface area contributed by atoms with Crippen LogP contribution in [0.2, 0.25) is 10.0 Å². The van der Waals surface area contributed by atoms with Crippen LogP contribution in [0.25, 0.3) is 0 Å².